The molecule has 2 heterocycles. The molecule has 0 saturated carbocycles. The van der Waals surface area contributed by atoms with Gasteiger partial charge in [-0.15, -0.1) is 0 Å². The smallest absolute Gasteiger partial charge is 0.127 e. The topological polar surface area (TPSA) is 59.3 Å². The van der Waals surface area contributed by atoms with Gasteiger partial charge >= 0.3 is 0 Å². The normalized spacial score (nSPS) is 17.1. The Labute approximate surface area is 124 Å². The fourth-order valence-corrected chi connectivity index (χ4v) is 2.83. The van der Waals surface area contributed by atoms with Crippen LogP contribution in [0.15, 0.2) is 30.5 Å². The second-order valence-electron chi connectivity index (χ2n) is 5.38. The Morgan fingerprint density at radius 3 is 3.19 bits per heavy atom. The highest BCUT2D eigenvalue weighted by atomic mass is 16.5. The van der Waals surface area contributed by atoms with Gasteiger partial charge in [-0.2, -0.15) is 5.10 Å². The van der Waals surface area contributed by atoms with Crippen molar-refractivity contribution in [3.8, 4) is 5.75 Å². The average Bonchev–Trinajstić information content (AvgIpc) is 2.95. The Bertz CT molecular complexity index is 609. The van der Waals surface area contributed by atoms with Crippen LogP contribution in [0.25, 0.3) is 0 Å². The number of rotatable bonds is 5. The van der Waals surface area contributed by atoms with Gasteiger partial charge in [0.15, 0.2) is 0 Å². The molecule has 1 aliphatic heterocycles. The first-order valence-electron chi connectivity index (χ1n) is 7.35. The van der Waals surface area contributed by atoms with Crippen molar-refractivity contribution in [3.63, 3.8) is 0 Å². The minimum Gasteiger partial charge on any atom is -0.497 e. The summed E-state index contributed by atoms with van der Waals surface area (Å²) in [4.78, 5) is 0. The van der Waals surface area contributed by atoms with Gasteiger partial charge in [0, 0.05) is 24.6 Å². The zero-order valence-corrected chi connectivity index (χ0v) is 12.2. The van der Waals surface area contributed by atoms with Crippen LogP contribution in [-0.4, -0.2) is 35.1 Å². The van der Waals surface area contributed by atoms with Gasteiger partial charge < -0.3 is 15.2 Å². The molecule has 1 aliphatic rings. The van der Waals surface area contributed by atoms with Crippen LogP contribution in [0.2, 0.25) is 0 Å². The van der Waals surface area contributed by atoms with E-state index in [1.807, 2.05) is 23.0 Å². The predicted molar refractivity (Wildman–Crippen MR) is 81.9 cm³/mol. The van der Waals surface area contributed by atoms with Crippen LogP contribution in [0.1, 0.15) is 23.5 Å². The van der Waals surface area contributed by atoms with Crippen LogP contribution in [0.5, 0.6) is 5.75 Å². The van der Waals surface area contributed by atoms with Crippen molar-refractivity contribution in [1.29, 1.82) is 0 Å². The summed E-state index contributed by atoms with van der Waals surface area (Å²) in [6.07, 6.45) is 3.55. The predicted octanol–water partition coefficient (Wildman–Crippen LogP) is 2.03. The van der Waals surface area contributed by atoms with E-state index in [-0.39, 0.29) is 6.61 Å². The summed E-state index contributed by atoms with van der Waals surface area (Å²) in [6.45, 7) is 1.98. The van der Waals surface area contributed by atoms with Crippen LogP contribution in [-0.2, 0) is 13.0 Å². The summed E-state index contributed by atoms with van der Waals surface area (Å²) < 4.78 is 7.33. The number of ether oxygens (including phenoxy) is 1. The molecular formula is C16H21N3O2. The third kappa shape index (κ3) is 2.88. The molecule has 0 radical (unpaired) electrons. The molecule has 1 aromatic heterocycles. The summed E-state index contributed by atoms with van der Waals surface area (Å²) in [5.74, 6) is 2.38. The fraction of sp³-hybridized carbons (Fsp3) is 0.438. The van der Waals surface area contributed by atoms with Crippen molar-refractivity contribution >= 4 is 5.82 Å². The van der Waals surface area contributed by atoms with E-state index in [0.717, 1.165) is 37.5 Å². The summed E-state index contributed by atoms with van der Waals surface area (Å²) >= 11 is 0. The maximum atomic E-state index is 8.95. The second kappa shape index (κ2) is 6.18. The molecule has 1 unspecified atom stereocenters. The zero-order valence-electron chi connectivity index (χ0n) is 12.2. The minimum absolute atomic E-state index is 0.219. The SMILES string of the molecule is COc1cccc(C2CNc3c(CCCO)cnn3C2)c1. The first-order chi connectivity index (χ1) is 10.3. The Morgan fingerprint density at radius 1 is 1.48 bits per heavy atom. The number of aliphatic hydroxyl groups is 1. The lowest BCUT2D eigenvalue weighted by molar-refractivity contribution is 0.288. The Hall–Kier alpha value is -2.01. The molecule has 1 atom stereocenters. The maximum Gasteiger partial charge on any atom is 0.127 e. The second-order valence-corrected chi connectivity index (χ2v) is 5.38. The standard InChI is InChI=1S/C16H21N3O2/c1-21-15-6-2-4-12(8-15)14-9-17-16-13(5-3-7-20)10-18-19(16)11-14/h2,4,6,8,10,14,17,20H,3,5,7,9,11H2,1H3. The molecule has 0 fully saturated rings. The molecule has 2 aromatic rings. The lowest BCUT2D eigenvalue weighted by atomic mass is 9.97. The molecule has 3 rings (SSSR count). The highest BCUT2D eigenvalue weighted by molar-refractivity contribution is 5.47. The van der Waals surface area contributed by atoms with E-state index in [1.54, 1.807) is 7.11 Å². The van der Waals surface area contributed by atoms with Gasteiger partial charge in [0.1, 0.15) is 11.6 Å². The number of nitrogens with one attached hydrogen (secondary N) is 1. The molecule has 0 amide bonds. The third-order valence-corrected chi connectivity index (χ3v) is 3.99. The van der Waals surface area contributed by atoms with Crippen LogP contribution < -0.4 is 10.1 Å². The van der Waals surface area contributed by atoms with Gasteiger partial charge in [-0.05, 0) is 30.5 Å². The van der Waals surface area contributed by atoms with Gasteiger partial charge in [0.05, 0.1) is 19.9 Å². The zero-order chi connectivity index (χ0) is 14.7. The van der Waals surface area contributed by atoms with Crippen LogP contribution in [0.4, 0.5) is 5.82 Å². The number of methoxy groups -OCH3 is 1. The average molecular weight is 287 g/mol. The van der Waals surface area contributed by atoms with Gasteiger partial charge in [-0.25, -0.2) is 4.68 Å². The van der Waals surface area contributed by atoms with E-state index >= 15 is 0 Å². The van der Waals surface area contributed by atoms with E-state index in [0.29, 0.717) is 5.92 Å². The largest absolute Gasteiger partial charge is 0.497 e. The summed E-state index contributed by atoms with van der Waals surface area (Å²) in [5, 5.41) is 16.9. The van der Waals surface area contributed by atoms with Crippen molar-refractivity contribution in [2.75, 3.05) is 25.6 Å². The maximum absolute atomic E-state index is 8.95. The Morgan fingerprint density at radius 2 is 2.38 bits per heavy atom. The summed E-state index contributed by atoms with van der Waals surface area (Å²) in [6, 6.07) is 8.22. The number of fused-ring (bicyclic) bond motifs is 1. The van der Waals surface area contributed by atoms with Crippen molar-refractivity contribution in [2.45, 2.75) is 25.3 Å². The van der Waals surface area contributed by atoms with Crippen LogP contribution in [0.3, 0.4) is 0 Å². The lowest BCUT2D eigenvalue weighted by Crippen LogP contribution is -2.26. The number of hydrogen-bond acceptors (Lipinski definition) is 4. The highest BCUT2D eigenvalue weighted by Crippen LogP contribution is 2.29. The number of aromatic nitrogens is 2. The molecule has 0 aliphatic carbocycles. The molecule has 0 spiro atoms. The van der Waals surface area contributed by atoms with Gasteiger partial charge in [0.2, 0.25) is 0 Å². The van der Waals surface area contributed by atoms with Crippen molar-refractivity contribution in [2.24, 2.45) is 0 Å². The fourth-order valence-electron chi connectivity index (χ4n) is 2.83. The number of aryl methyl sites for hydroxylation is 1. The number of hydrogen-bond donors (Lipinski definition) is 2. The Kier molecular flexibility index (Phi) is 4.10. The molecule has 2 N–H and O–H groups in total. The first-order valence-corrected chi connectivity index (χ1v) is 7.35. The van der Waals surface area contributed by atoms with Gasteiger partial charge in [-0.3, -0.25) is 0 Å². The summed E-state index contributed by atoms with van der Waals surface area (Å²) in [5.41, 5.74) is 2.45. The molecule has 112 valence electrons. The van der Waals surface area contributed by atoms with Crippen LogP contribution in [0, 0.1) is 0 Å². The summed E-state index contributed by atoms with van der Waals surface area (Å²) in [7, 11) is 1.69. The van der Waals surface area contributed by atoms with Crippen molar-refractivity contribution < 1.29 is 9.84 Å². The van der Waals surface area contributed by atoms with E-state index in [9.17, 15) is 0 Å². The molecular weight excluding hydrogens is 266 g/mol. The Balaban J connectivity index is 1.76. The number of nitrogens with zero attached hydrogens (tertiary/aromatic N) is 2. The van der Waals surface area contributed by atoms with E-state index in [4.69, 9.17) is 9.84 Å². The monoisotopic (exact) mass is 287 g/mol. The molecule has 0 bridgehead atoms. The van der Waals surface area contributed by atoms with E-state index in [2.05, 4.69) is 22.5 Å². The molecule has 5 heteroatoms. The number of aliphatic hydroxyl groups excluding tert-OH is 1. The van der Waals surface area contributed by atoms with Gasteiger partial charge in [-0.1, -0.05) is 12.1 Å². The van der Waals surface area contributed by atoms with Crippen LogP contribution >= 0.6 is 0 Å². The van der Waals surface area contributed by atoms with Gasteiger partial charge in [0.25, 0.3) is 0 Å². The minimum atomic E-state index is 0.219. The number of benzene rings is 1. The molecule has 21 heavy (non-hydrogen) atoms. The lowest BCUT2D eigenvalue weighted by Gasteiger charge is -2.26. The number of anilines is 1. The highest BCUT2D eigenvalue weighted by Gasteiger charge is 2.22. The van der Waals surface area contributed by atoms with Crippen molar-refractivity contribution in [1.82, 2.24) is 9.78 Å². The van der Waals surface area contributed by atoms with E-state index in [1.165, 1.54) is 11.1 Å². The third-order valence-electron chi connectivity index (χ3n) is 3.99. The molecule has 5 nitrogen and oxygen atoms in total. The first kappa shape index (κ1) is 13.9. The van der Waals surface area contributed by atoms with Crippen molar-refractivity contribution in [3.05, 3.63) is 41.6 Å². The quantitative estimate of drug-likeness (QED) is 0.883. The molecule has 0 saturated heterocycles. The van der Waals surface area contributed by atoms with E-state index < -0.39 is 0 Å². The molecule has 1 aromatic carbocycles.